The van der Waals surface area contributed by atoms with E-state index in [1.165, 1.54) is 0 Å². The molecule has 1 atom stereocenters. The molecule has 0 aliphatic carbocycles. The largest absolute Gasteiger partial charge is 0.497 e. The number of hydrogen-bond donors (Lipinski definition) is 1. The SMILES string of the molecule is COc1cccc(-c2cccc(NC(=O)[C@H]3CCCCN3C(=O)c3ccnn3C)c2)c1. The molecule has 0 radical (unpaired) electrons. The maximum Gasteiger partial charge on any atom is 0.272 e. The third-order valence-corrected chi connectivity index (χ3v) is 5.64. The van der Waals surface area contributed by atoms with Gasteiger partial charge in [-0.15, -0.1) is 0 Å². The zero-order valence-corrected chi connectivity index (χ0v) is 17.7. The molecule has 0 unspecified atom stereocenters. The topological polar surface area (TPSA) is 76.5 Å². The quantitative estimate of drug-likeness (QED) is 0.685. The van der Waals surface area contributed by atoms with Crippen molar-refractivity contribution in [1.82, 2.24) is 14.7 Å². The molecular weight excluding hydrogens is 392 g/mol. The molecule has 4 rings (SSSR count). The second kappa shape index (κ2) is 9.04. The first-order valence-electron chi connectivity index (χ1n) is 10.4. The molecule has 1 N–H and O–H groups in total. The number of methoxy groups -OCH3 is 1. The number of nitrogens with zero attached hydrogens (tertiary/aromatic N) is 3. The summed E-state index contributed by atoms with van der Waals surface area (Å²) in [6.45, 7) is 0.561. The molecule has 7 heteroatoms. The fourth-order valence-corrected chi connectivity index (χ4v) is 3.98. The summed E-state index contributed by atoms with van der Waals surface area (Å²) in [6, 6.07) is 16.7. The fourth-order valence-electron chi connectivity index (χ4n) is 3.98. The van der Waals surface area contributed by atoms with E-state index in [0.29, 0.717) is 24.3 Å². The minimum atomic E-state index is -0.503. The van der Waals surface area contributed by atoms with Crippen molar-refractivity contribution >= 4 is 17.5 Å². The number of nitrogens with one attached hydrogen (secondary N) is 1. The normalized spacial score (nSPS) is 16.1. The van der Waals surface area contributed by atoms with E-state index in [1.54, 1.807) is 36.0 Å². The number of likely N-dealkylation sites (tertiary alicyclic amines) is 1. The highest BCUT2D eigenvalue weighted by molar-refractivity contribution is 6.00. The maximum absolute atomic E-state index is 13.1. The predicted molar refractivity (Wildman–Crippen MR) is 119 cm³/mol. The lowest BCUT2D eigenvalue weighted by Crippen LogP contribution is -2.50. The molecule has 1 saturated heterocycles. The van der Waals surface area contributed by atoms with Crippen LogP contribution in [0.5, 0.6) is 5.75 Å². The van der Waals surface area contributed by atoms with Crippen molar-refractivity contribution in [3.8, 4) is 16.9 Å². The highest BCUT2D eigenvalue weighted by atomic mass is 16.5. The summed E-state index contributed by atoms with van der Waals surface area (Å²) in [5, 5.41) is 7.09. The van der Waals surface area contributed by atoms with Crippen molar-refractivity contribution in [2.45, 2.75) is 25.3 Å². The van der Waals surface area contributed by atoms with Crippen LogP contribution in [0.2, 0.25) is 0 Å². The van der Waals surface area contributed by atoms with E-state index < -0.39 is 6.04 Å². The number of ether oxygens (including phenoxy) is 1. The summed E-state index contributed by atoms with van der Waals surface area (Å²) in [5.74, 6) is 0.446. The highest BCUT2D eigenvalue weighted by Crippen LogP contribution is 2.27. The molecule has 2 aromatic carbocycles. The van der Waals surface area contributed by atoms with Gasteiger partial charge >= 0.3 is 0 Å². The summed E-state index contributed by atoms with van der Waals surface area (Å²) in [7, 11) is 3.37. The molecule has 0 saturated carbocycles. The van der Waals surface area contributed by atoms with Gasteiger partial charge in [-0.1, -0.05) is 24.3 Å². The van der Waals surface area contributed by atoms with Gasteiger partial charge in [-0.05, 0) is 60.7 Å². The zero-order chi connectivity index (χ0) is 21.8. The van der Waals surface area contributed by atoms with Gasteiger partial charge in [0.1, 0.15) is 17.5 Å². The second-order valence-electron chi connectivity index (χ2n) is 7.65. The number of piperidine rings is 1. The summed E-state index contributed by atoms with van der Waals surface area (Å²) in [5.41, 5.74) is 3.16. The Balaban J connectivity index is 1.53. The average molecular weight is 418 g/mol. The van der Waals surface area contributed by atoms with E-state index >= 15 is 0 Å². The van der Waals surface area contributed by atoms with Gasteiger partial charge in [0.15, 0.2) is 0 Å². The lowest BCUT2D eigenvalue weighted by Gasteiger charge is -2.34. The first-order valence-corrected chi connectivity index (χ1v) is 10.4. The number of anilines is 1. The van der Waals surface area contributed by atoms with Crippen LogP contribution in [-0.4, -0.2) is 46.2 Å². The Bertz CT molecular complexity index is 1090. The number of hydrogen-bond acceptors (Lipinski definition) is 4. The minimum absolute atomic E-state index is 0.162. The molecule has 0 bridgehead atoms. The summed E-state index contributed by atoms with van der Waals surface area (Å²) in [6.07, 6.45) is 4.04. The Labute approximate surface area is 181 Å². The molecule has 31 heavy (non-hydrogen) atoms. The van der Waals surface area contributed by atoms with Crippen LogP contribution in [0.4, 0.5) is 5.69 Å². The molecule has 1 aromatic heterocycles. The van der Waals surface area contributed by atoms with Crippen molar-refractivity contribution in [1.29, 1.82) is 0 Å². The van der Waals surface area contributed by atoms with Crippen molar-refractivity contribution in [3.63, 3.8) is 0 Å². The molecule has 1 fully saturated rings. The molecule has 1 aliphatic rings. The van der Waals surface area contributed by atoms with Crippen molar-refractivity contribution in [2.75, 3.05) is 19.0 Å². The number of carbonyl (C=O) groups is 2. The zero-order valence-electron chi connectivity index (χ0n) is 17.7. The first kappa shape index (κ1) is 20.7. The van der Waals surface area contributed by atoms with E-state index in [2.05, 4.69) is 10.4 Å². The Hall–Kier alpha value is -3.61. The van der Waals surface area contributed by atoms with E-state index in [9.17, 15) is 9.59 Å². The number of rotatable bonds is 5. The Morgan fingerprint density at radius 2 is 1.84 bits per heavy atom. The van der Waals surface area contributed by atoms with Crippen LogP contribution < -0.4 is 10.1 Å². The van der Waals surface area contributed by atoms with Gasteiger partial charge in [-0.3, -0.25) is 14.3 Å². The monoisotopic (exact) mass is 418 g/mol. The molecule has 0 spiro atoms. The third kappa shape index (κ3) is 4.45. The molecule has 2 amide bonds. The van der Waals surface area contributed by atoms with Crippen LogP contribution in [-0.2, 0) is 11.8 Å². The Morgan fingerprint density at radius 3 is 2.58 bits per heavy atom. The van der Waals surface area contributed by atoms with Crippen molar-refractivity contribution < 1.29 is 14.3 Å². The third-order valence-electron chi connectivity index (χ3n) is 5.64. The molecule has 160 valence electrons. The van der Waals surface area contributed by atoms with Gasteiger partial charge in [-0.25, -0.2) is 0 Å². The smallest absolute Gasteiger partial charge is 0.272 e. The van der Waals surface area contributed by atoms with Crippen LogP contribution in [0.15, 0.2) is 60.8 Å². The molecule has 2 heterocycles. The number of aromatic nitrogens is 2. The lowest BCUT2D eigenvalue weighted by atomic mass is 10.00. The van der Waals surface area contributed by atoms with Gasteiger partial charge in [0.05, 0.1) is 7.11 Å². The van der Waals surface area contributed by atoms with Crippen LogP contribution in [0.25, 0.3) is 11.1 Å². The number of aryl methyl sites for hydroxylation is 1. The molecule has 1 aliphatic heterocycles. The predicted octanol–water partition coefficient (Wildman–Crippen LogP) is 3.73. The number of benzene rings is 2. The van der Waals surface area contributed by atoms with Gasteiger partial charge in [-0.2, -0.15) is 5.10 Å². The van der Waals surface area contributed by atoms with Crippen LogP contribution >= 0.6 is 0 Å². The van der Waals surface area contributed by atoms with E-state index in [0.717, 1.165) is 29.7 Å². The van der Waals surface area contributed by atoms with Gasteiger partial charge in [0.25, 0.3) is 5.91 Å². The van der Waals surface area contributed by atoms with Crippen molar-refractivity contribution in [3.05, 3.63) is 66.5 Å². The van der Waals surface area contributed by atoms with Crippen molar-refractivity contribution in [2.24, 2.45) is 7.05 Å². The molecule has 3 aromatic rings. The highest BCUT2D eigenvalue weighted by Gasteiger charge is 2.33. The number of carbonyl (C=O) groups excluding carboxylic acids is 2. The lowest BCUT2D eigenvalue weighted by molar-refractivity contribution is -0.121. The van der Waals surface area contributed by atoms with Crippen LogP contribution in [0.1, 0.15) is 29.8 Å². The molecule has 7 nitrogen and oxygen atoms in total. The minimum Gasteiger partial charge on any atom is -0.497 e. The second-order valence-corrected chi connectivity index (χ2v) is 7.65. The van der Waals surface area contributed by atoms with Crippen LogP contribution in [0.3, 0.4) is 0 Å². The summed E-state index contributed by atoms with van der Waals surface area (Å²) >= 11 is 0. The van der Waals surface area contributed by atoms with Gasteiger partial charge in [0, 0.05) is 25.5 Å². The Kier molecular flexibility index (Phi) is 6.02. The number of amides is 2. The average Bonchev–Trinajstić information content (AvgIpc) is 3.24. The summed E-state index contributed by atoms with van der Waals surface area (Å²) < 4.78 is 6.86. The van der Waals surface area contributed by atoms with E-state index in [1.807, 2.05) is 48.5 Å². The Morgan fingerprint density at radius 1 is 1.06 bits per heavy atom. The van der Waals surface area contributed by atoms with E-state index in [4.69, 9.17) is 4.74 Å². The molecular formula is C24H26N4O3. The first-order chi connectivity index (χ1) is 15.1. The van der Waals surface area contributed by atoms with E-state index in [-0.39, 0.29) is 11.8 Å². The maximum atomic E-state index is 13.1. The summed E-state index contributed by atoms with van der Waals surface area (Å²) in [4.78, 5) is 27.8. The fraction of sp³-hybridized carbons (Fsp3) is 0.292. The van der Waals surface area contributed by atoms with Gasteiger partial charge in [0.2, 0.25) is 5.91 Å². The standard InChI is InChI=1S/C24H26N4O3/c1-27-22(12-13-25-27)24(30)28-14-4-3-11-21(28)23(29)26-19-9-5-7-17(15-19)18-8-6-10-20(16-18)31-2/h5-10,12-13,15-16,21H,3-4,11,14H2,1-2H3,(H,26,29)/t21-/m1/s1. The van der Waals surface area contributed by atoms with Crippen LogP contribution in [0, 0.1) is 0 Å². The van der Waals surface area contributed by atoms with Gasteiger partial charge < -0.3 is 15.0 Å².